The lowest BCUT2D eigenvalue weighted by Crippen LogP contribution is -3.12. The molecule has 1 saturated heterocycles. The van der Waals surface area contributed by atoms with E-state index in [0.29, 0.717) is 12.1 Å². The second kappa shape index (κ2) is 8.68. The summed E-state index contributed by atoms with van der Waals surface area (Å²) >= 11 is 0. The van der Waals surface area contributed by atoms with E-state index in [1.54, 1.807) is 0 Å². The number of morpholine rings is 1. The molecular formula is C23H31N2O2+. The van der Waals surface area contributed by atoms with E-state index in [1.807, 2.05) is 30.3 Å². The summed E-state index contributed by atoms with van der Waals surface area (Å²) in [6, 6.07) is 16.3. The van der Waals surface area contributed by atoms with Crippen LogP contribution in [0.2, 0.25) is 0 Å². The van der Waals surface area contributed by atoms with Gasteiger partial charge in [0.15, 0.2) is 0 Å². The predicted molar refractivity (Wildman–Crippen MR) is 108 cm³/mol. The summed E-state index contributed by atoms with van der Waals surface area (Å²) in [5.74, 6) is -0.0241. The first kappa shape index (κ1) is 19.6. The molecule has 0 bridgehead atoms. The molecule has 1 heterocycles. The van der Waals surface area contributed by atoms with Crippen LogP contribution in [0.15, 0.2) is 48.5 Å². The van der Waals surface area contributed by atoms with Crippen molar-refractivity contribution in [1.82, 2.24) is 5.32 Å². The molecular weight excluding hydrogens is 336 g/mol. The van der Waals surface area contributed by atoms with Crippen molar-refractivity contribution in [2.45, 2.75) is 39.3 Å². The Labute approximate surface area is 162 Å². The van der Waals surface area contributed by atoms with Crippen molar-refractivity contribution in [3.63, 3.8) is 0 Å². The SMILES string of the molecule is CC(C)(C)c1ccc(C(=O)NCc2ccccc2C[NH+]2CCOCC2)cc1. The first-order valence-corrected chi connectivity index (χ1v) is 9.80. The number of carbonyl (C=O) groups is 1. The second-order valence-corrected chi connectivity index (χ2v) is 8.32. The van der Waals surface area contributed by atoms with E-state index in [4.69, 9.17) is 4.74 Å². The summed E-state index contributed by atoms with van der Waals surface area (Å²) in [6.45, 7) is 11.8. The third kappa shape index (κ3) is 5.41. The van der Waals surface area contributed by atoms with Crippen LogP contribution < -0.4 is 10.2 Å². The molecule has 0 radical (unpaired) electrons. The van der Waals surface area contributed by atoms with E-state index in [-0.39, 0.29) is 11.3 Å². The van der Waals surface area contributed by atoms with Crippen LogP contribution in [-0.2, 0) is 23.2 Å². The van der Waals surface area contributed by atoms with Crippen molar-refractivity contribution in [3.05, 3.63) is 70.8 Å². The summed E-state index contributed by atoms with van der Waals surface area (Å²) in [7, 11) is 0. The quantitative estimate of drug-likeness (QED) is 0.852. The zero-order chi connectivity index (χ0) is 19.3. The van der Waals surface area contributed by atoms with Crippen LogP contribution in [0.3, 0.4) is 0 Å². The molecule has 2 aromatic carbocycles. The summed E-state index contributed by atoms with van der Waals surface area (Å²) in [6.07, 6.45) is 0. The van der Waals surface area contributed by atoms with Gasteiger partial charge in [-0.3, -0.25) is 4.79 Å². The molecule has 1 amide bonds. The summed E-state index contributed by atoms with van der Waals surface area (Å²) in [5, 5.41) is 3.08. The molecule has 2 aromatic rings. The first-order valence-electron chi connectivity index (χ1n) is 9.80. The Balaban J connectivity index is 1.61. The minimum atomic E-state index is -0.0241. The highest BCUT2D eigenvalue weighted by Gasteiger charge is 2.17. The average Bonchev–Trinajstić information content (AvgIpc) is 2.67. The fourth-order valence-electron chi connectivity index (χ4n) is 3.41. The summed E-state index contributed by atoms with van der Waals surface area (Å²) in [4.78, 5) is 14.1. The number of hydrogen-bond donors (Lipinski definition) is 2. The molecule has 3 rings (SSSR count). The topological polar surface area (TPSA) is 42.8 Å². The largest absolute Gasteiger partial charge is 0.370 e. The molecule has 0 unspecified atom stereocenters. The molecule has 4 nitrogen and oxygen atoms in total. The van der Waals surface area contributed by atoms with Crippen LogP contribution in [0.5, 0.6) is 0 Å². The Morgan fingerprint density at radius 2 is 1.63 bits per heavy atom. The number of nitrogens with one attached hydrogen (secondary N) is 2. The Bertz CT molecular complexity index is 757. The monoisotopic (exact) mass is 367 g/mol. The minimum Gasteiger partial charge on any atom is -0.370 e. The van der Waals surface area contributed by atoms with Gasteiger partial charge in [0.25, 0.3) is 5.91 Å². The molecule has 0 saturated carbocycles. The van der Waals surface area contributed by atoms with Gasteiger partial charge in [0, 0.05) is 17.7 Å². The Morgan fingerprint density at radius 1 is 1.00 bits per heavy atom. The summed E-state index contributed by atoms with van der Waals surface area (Å²) in [5.41, 5.74) is 4.53. The van der Waals surface area contributed by atoms with Crippen molar-refractivity contribution in [2.24, 2.45) is 0 Å². The van der Waals surface area contributed by atoms with Gasteiger partial charge in [0.2, 0.25) is 0 Å². The highest BCUT2D eigenvalue weighted by atomic mass is 16.5. The van der Waals surface area contributed by atoms with Gasteiger partial charge in [0.05, 0.1) is 13.2 Å². The van der Waals surface area contributed by atoms with E-state index in [0.717, 1.165) is 32.8 Å². The van der Waals surface area contributed by atoms with Crippen LogP contribution in [-0.4, -0.2) is 32.2 Å². The van der Waals surface area contributed by atoms with Crippen LogP contribution in [0.25, 0.3) is 0 Å². The molecule has 1 fully saturated rings. The average molecular weight is 368 g/mol. The molecule has 0 atom stereocenters. The standard InChI is InChI=1S/C23H30N2O2/c1-23(2,3)21-10-8-18(9-11-21)22(26)24-16-19-6-4-5-7-20(19)17-25-12-14-27-15-13-25/h4-11H,12-17H2,1-3H3,(H,24,26)/p+1. The number of ether oxygens (including phenoxy) is 1. The van der Waals surface area contributed by atoms with Crippen molar-refractivity contribution < 1.29 is 14.4 Å². The van der Waals surface area contributed by atoms with Gasteiger partial charge in [-0.25, -0.2) is 0 Å². The normalized spacial score (nSPS) is 15.5. The number of rotatable bonds is 5. The molecule has 1 aliphatic heterocycles. The molecule has 1 aliphatic rings. The van der Waals surface area contributed by atoms with E-state index in [9.17, 15) is 4.79 Å². The Hall–Kier alpha value is -2.17. The van der Waals surface area contributed by atoms with Gasteiger partial charge >= 0.3 is 0 Å². The third-order valence-electron chi connectivity index (χ3n) is 5.21. The fraction of sp³-hybridized carbons (Fsp3) is 0.435. The smallest absolute Gasteiger partial charge is 0.251 e. The van der Waals surface area contributed by atoms with E-state index >= 15 is 0 Å². The molecule has 27 heavy (non-hydrogen) atoms. The van der Waals surface area contributed by atoms with Gasteiger partial charge in [-0.1, -0.05) is 57.2 Å². The molecule has 2 N–H and O–H groups in total. The molecule has 4 heteroatoms. The lowest BCUT2D eigenvalue weighted by molar-refractivity contribution is -0.921. The number of hydrogen-bond acceptors (Lipinski definition) is 2. The maximum Gasteiger partial charge on any atom is 0.251 e. The Morgan fingerprint density at radius 3 is 2.26 bits per heavy atom. The fourth-order valence-corrected chi connectivity index (χ4v) is 3.41. The van der Waals surface area contributed by atoms with E-state index in [1.165, 1.54) is 21.6 Å². The van der Waals surface area contributed by atoms with Crippen LogP contribution in [0.1, 0.15) is 47.8 Å². The molecule has 144 valence electrons. The predicted octanol–water partition coefficient (Wildman–Crippen LogP) is 2.33. The van der Waals surface area contributed by atoms with Crippen LogP contribution >= 0.6 is 0 Å². The lowest BCUT2D eigenvalue weighted by Gasteiger charge is -2.24. The molecule has 0 spiro atoms. The zero-order valence-electron chi connectivity index (χ0n) is 16.7. The van der Waals surface area contributed by atoms with Crippen molar-refractivity contribution in [2.75, 3.05) is 26.3 Å². The zero-order valence-corrected chi connectivity index (χ0v) is 16.7. The Kier molecular flexibility index (Phi) is 6.30. The van der Waals surface area contributed by atoms with Crippen molar-refractivity contribution in [3.8, 4) is 0 Å². The maximum atomic E-state index is 12.5. The molecule has 0 aromatic heterocycles. The number of carbonyl (C=O) groups excluding carboxylic acids is 1. The van der Waals surface area contributed by atoms with Crippen LogP contribution in [0.4, 0.5) is 0 Å². The minimum absolute atomic E-state index is 0.0241. The van der Waals surface area contributed by atoms with E-state index in [2.05, 4.69) is 44.3 Å². The van der Waals surface area contributed by atoms with Crippen molar-refractivity contribution in [1.29, 1.82) is 0 Å². The maximum absolute atomic E-state index is 12.5. The highest BCUT2D eigenvalue weighted by Crippen LogP contribution is 2.22. The van der Waals surface area contributed by atoms with Gasteiger partial charge in [0.1, 0.15) is 19.6 Å². The third-order valence-corrected chi connectivity index (χ3v) is 5.21. The van der Waals surface area contributed by atoms with Gasteiger partial charge < -0.3 is 15.0 Å². The lowest BCUT2D eigenvalue weighted by atomic mass is 9.87. The van der Waals surface area contributed by atoms with Gasteiger partial charge in [-0.15, -0.1) is 0 Å². The summed E-state index contributed by atoms with van der Waals surface area (Å²) < 4.78 is 5.45. The number of benzene rings is 2. The van der Waals surface area contributed by atoms with Gasteiger partial charge in [-0.05, 0) is 28.7 Å². The number of amides is 1. The first-order chi connectivity index (χ1) is 12.9. The number of quaternary nitrogens is 1. The van der Waals surface area contributed by atoms with E-state index < -0.39 is 0 Å². The van der Waals surface area contributed by atoms with Crippen LogP contribution in [0, 0.1) is 0 Å². The second-order valence-electron chi connectivity index (χ2n) is 8.32. The molecule has 0 aliphatic carbocycles. The van der Waals surface area contributed by atoms with Crippen molar-refractivity contribution >= 4 is 5.91 Å². The van der Waals surface area contributed by atoms with Gasteiger partial charge in [-0.2, -0.15) is 0 Å². The highest BCUT2D eigenvalue weighted by molar-refractivity contribution is 5.94.